The van der Waals surface area contributed by atoms with E-state index in [0.717, 1.165) is 34.2 Å². The zero-order chi connectivity index (χ0) is 25.4. The maximum Gasteiger partial charge on any atom is 0.249 e. The number of hydrogen-bond donors (Lipinski definition) is 1. The second-order valence-electron chi connectivity index (χ2n) is 8.63. The number of anilines is 1. The highest BCUT2D eigenvalue weighted by molar-refractivity contribution is 7.17. The van der Waals surface area contributed by atoms with Crippen LogP contribution in [-0.2, 0) is 0 Å². The lowest BCUT2D eigenvalue weighted by atomic mass is 9.90. The molecular formula is C28H26N2O5S. The van der Waals surface area contributed by atoms with Gasteiger partial charge in [0.25, 0.3) is 0 Å². The number of carbonyl (C=O) groups excluding carboxylic acids is 1. The number of fused-ring (bicyclic) bond motifs is 2. The number of rotatable bonds is 6. The van der Waals surface area contributed by atoms with Crippen molar-refractivity contribution in [2.24, 2.45) is 5.73 Å². The van der Waals surface area contributed by atoms with Crippen LogP contribution in [0.1, 0.15) is 34.8 Å². The third-order valence-corrected chi connectivity index (χ3v) is 6.98. The van der Waals surface area contributed by atoms with Gasteiger partial charge in [0.15, 0.2) is 23.0 Å². The van der Waals surface area contributed by atoms with E-state index in [1.54, 1.807) is 17.0 Å². The van der Waals surface area contributed by atoms with E-state index in [-0.39, 0.29) is 5.43 Å². The number of hydrogen-bond acceptors (Lipinski definition) is 7. The summed E-state index contributed by atoms with van der Waals surface area (Å²) in [4.78, 5) is 26.8. The molecule has 1 aliphatic rings. The molecule has 2 aromatic heterocycles. The summed E-state index contributed by atoms with van der Waals surface area (Å²) in [5, 5.41) is 1.91. The summed E-state index contributed by atoms with van der Waals surface area (Å²) in [7, 11) is 3.65. The number of nitrogens with two attached hydrogens (primary N) is 1. The Hall–Kier alpha value is -4.04. The fourth-order valence-electron chi connectivity index (χ4n) is 4.37. The number of amides is 1. The van der Waals surface area contributed by atoms with Crippen LogP contribution in [0.5, 0.6) is 11.5 Å². The maximum atomic E-state index is 12.8. The second kappa shape index (κ2) is 9.54. The topological polar surface area (TPSA) is 95.0 Å². The summed E-state index contributed by atoms with van der Waals surface area (Å²) in [5.74, 6) is 1.17. The highest BCUT2D eigenvalue weighted by Crippen LogP contribution is 2.46. The van der Waals surface area contributed by atoms with Crippen LogP contribution in [0.25, 0.3) is 27.0 Å². The first-order valence-electron chi connectivity index (χ1n) is 11.7. The smallest absolute Gasteiger partial charge is 0.249 e. The van der Waals surface area contributed by atoms with Crippen LogP contribution in [0.2, 0.25) is 0 Å². The highest BCUT2D eigenvalue weighted by atomic mass is 32.1. The minimum absolute atomic E-state index is 0.0969. The van der Waals surface area contributed by atoms with Crippen molar-refractivity contribution in [3.63, 3.8) is 0 Å². The average molecular weight is 503 g/mol. The molecule has 1 amide bonds. The van der Waals surface area contributed by atoms with Gasteiger partial charge < -0.3 is 24.5 Å². The van der Waals surface area contributed by atoms with E-state index in [9.17, 15) is 9.59 Å². The van der Waals surface area contributed by atoms with Crippen LogP contribution >= 0.6 is 11.3 Å². The fraction of sp³-hybridized carbons (Fsp3) is 0.214. The maximum absolute atomic E-state index is 12.8. The first kappa shape index (κ1) is 23.7. The second-order valence-corrected chi connectivity index (χ2v) is 9.51. The molecule has 0 spiro atoms. The Kier molecular flexibility index (Phi) is 6.28. The minimum Gasteiger partial charge on any atom is -0.486 e. The summed E-state index contributed by atoms with van der Waals surface area (Å²) in [6, 6.07) is 12.7. The molecule has 36 heavy (non-hydrogen) atoms. The Morgan fingerprint density at radius 1 is 1.08 bits per heavy atom. The quantitative estimate of drug-likeness (QED) is 0.385. The summed E-state index contributed by atoms with van der Waals surface area (Å²) in [6.07, 6.45) is 2.81. The molecule has 184 valence electrons. The predicted octanol–water partition coefficient (Wildman–Crippen LogP) is 5.30. The lowest BCUT2D eigenvalue weighted by Gasteiger charge is -2.23. The van der Waals surface area contributed by atoms with Gasteiger partial charge in [-0.1, -0.05) is 31.2 Å². The molecule has 0 bridgehead atoms. The summed E-state index contributed by atoms with van der Waals surface area (Å²) in [6.45, 7) is 2.87. The van der Waals surface area contributed by atoms with Gasteiger partial charge in [-0.3, -0.25) is 9.59 Å². The van der Waals surface area contributed by atoms with Gasteiger partial charge in [-0.05, 0) is 41.3 Å². The zero-order valence-electron chi connectivity index (χ0n) is 20.3. The molecule has 0 unspecified atom stereocenters. The fourth-order valence-corrected chi connectivity index (χ4v) is 5.27. The SMILES string of the molecule is CC/C=C(\c1cc2c(c(-c3csc4c(=O)cc(N(C)C)oc34)c1)OCCO2)c1ccccc1C(N)=O. The van der Waals surface area contributed by atoms with Crippen molar-refractivity contribution < 1.29 is 18.7 Å². The number of benzene rings is 2. The van der Waals surface area contributed by atoms with Gasteiger partial charge >= 0.3 is 0 Å². The van der Waals surface area contributed by atoms with Crippen LogP contribution in [0.4, 0.5) is 5.88 Å². The van der Waals surface area contributed by atoms with Gasteiger partial charge in [0.2, 0.25) is 11.3 Å². The highest BCUT2D eigenvalue weighted by Gasteiger charge is 2.25. The zero-order valence-corrected chi connectivity index (χ0v) is 21.1. The molecule has 2 N–H and O–H groups in total. The molecule has 0 fully saturated rings. The Labute approximate surface area is 212 Å². The van der Waals surface area contributed by atoms with E-state index in [4.69, 9.17) is 19.6 Å². The van der Waals surface area contributed by atoms with E-state index in [0.29, 0.717) is 46.4 Å². The molecule has 0 radical (unpaired) electrons. The van der Waals surface area contributed by atoms with E-state index in [1.165, 1.54) is 17.4 Å². The molecule has 4 aromatic rings. The van der Waals surface area contributed by atoms with Crippen molar-refractivity contribution in [3.05, 3.63) is 80.8 Å². The standard InChI is InChI=1S/C28H26N2O5S/c1-4-7-17(18-8-5-6-9-19(18)28(29)32)16-12-20(25-23(13-16)33-10-11-34-25)21-15-36-27-22(31)14-24(30(2)3)35-26(21)27/h5-9,12-15H,4,10-11H2,1-3H3,(H2,29,32)/b17-7+. The van der Waals surface area contributed by atoms with E-state index in [2.05, 4.69) is 6.08 Å². The van der Waals surface area contributed by atoms with Gasteiger partial charge in [0.05, 0.1) is 0 Å². The molecule has 1 aliphatic heterocycles. The number of ether oxygens (including phenoxy) is 2. The molecule has 7 nitrogen and oxygen atoms in total. The Morgan fingerprint density at radius 3 is 2.56 bits per heavy atom. The van der Waals surface area contributed by atoms with Crippen molar-refractivity contribution >= 4 is 39.0 Å². The van der Waals surface area contributed by atoms with Crippen LogP contribution in [0.15, 0.2) is 63.1 Å². The van der Waals surface area contributed by atoms with Gasteiger partial charge in [0, 0.05) is 42.2 Å². The first-order chi connectivity index (χ1) is 17.4. The summed E-state index contributed by atoms with van der Waals surface area (Å²) in [5.41, 5.74) is 10.5. The predicted molar refractivity (Wildman–Crippen MR) is 143 cm³/mol. The van der Waals surface area contributed by atoms with Crippen LogP contribution < -0.4 is 25.5 Å². The molecule has 2 aromatic carbocycles. The Morgan fingerprint density at radius 2 is 1.83 bits per heavy atom. The number of primary amides is 1. The largest absolute Gasteiger partial charge is 0.486 e. The average Bonchev–Trinajstić information content (AvgIpc) is 3.31. The van der Waals surface area contributed by atoms with E-state index in [1.807, 2.05) is 50.7 Å². The molecule has 5 rings (SSSR count). The number of thiophene rings is 1. The number of carbonyl (C=O) groups is 1. The van der Waals surface area contributed by atoms with Gasteiger partial charge in [-0.15, -0.1) is 11.3 Å². The van der Waals surface area contributed by atoms with Crippen LogP contribution in [0, 0.1) is 0 Å². The molecule has 0 atom stereocenters. The lowest BCUT2D eigenvalue weighted by molar-refractivity contribution is 0.1000. The van der Waals surface area contributed by atoms with Crippen LogP contribution in [-0.4, -0.2) is 33.2 Å². The van der Waals surface area contributed by atoms with Gasteiger partial charge in [-0.25, -0.2) is 0 Å². The molecule has 3 heterocycles. The van der Waals surface area contributed by atoms with Gasteiger partial charge in [0.1, 0.15) is 17.9 Å². The summed E-state index contributed by atoms with van der Waals surface area (Å²) >= 11 is 1.34. The van der Waals surface area contributed by atoms with E-state index < -0.39 is 5.91 Å². The first-order valence-corrected chi connectivity index (χ1v) is 12.5. The Bertz CT molecular complexity index is 1560. The van der Waals surface area contributed by atoms with Crippen LogP contribution in [0.3, 0.4) is 0 Å². The minimum atomic E-state index is -0.493. The van der Waals surface area contributed by atoms with Crippen molar-refractivity contribution in [1.29, 1.82) is 0 Å². The third-order valence-electron chi connectivity index (χ3n) is 6.01. The molecular weight excluding hydrogens is 476 g/mol. The van der Waals surface area contributed by atoms with Crippen molar-refractivity contribution in [2.75, 3.05) is 32.2 Å². The number of nitrogens with zero attached hydrogens (tertiary/aromatic N) is 1. The van der Waals surface area contributed by atoms with Crippen molar-refractivity contribution in [1.82, 2.24) is 0 Å². The van der Waals surface area contributed by atoms with Gasteiger partial charge in [-0.2, -0.15) is 0 Å². The molecule has 0 saturated carbocycles. The molecule has 0 aliphatic carbocycles. The van der Waals surface area contributed by atoms with E-state index >= 15 is 0 Å². The number of allylic oxidation sites excluding steroid dienone is 1. The normalized spacial score (nSPS) is 13.1. The van der Waals surface area contributed by atoms with Crippen molar-refractivity contribution in [3.8, 4) is 22.6 Å². The molecule has 8 heteroatoms. The monoisotopic (exact) mass is 502 g/mol. The third kappa shape index (κ3) is 4.13. The molecule has 0 saturated heterocycles. The van der Waals surface area contributed by atoms with Crippen molar-refractivity contribution in [2.45, 2.75) is 13.3 Å². The Balaban J connectivity index is 1.78. The summed E-state index contributed by atoms with van der Waals surface area (Å²) < 4.78 is 18.8. The lowest BCUT2D eigenvalue weighted by Crippen LogP contribution is -2.16.